The zero-order chi connectivity index (χ0) is 28.0. The number of pyridine rings is 1. The number of nitrogens with one attached hydrogen (secondary N) is 2. The molecule has 3 N–H and O–H groups in total. The van der Waals surface area contributed by atoms with Gasteiger partial charge in [0.05, 0.1) is 25.6 Å². The van der Waals surface area contributed by atoms with E-state index < -0.39 is 30.1 Å². The third-order valence-corrected chi connectivity index (χ3v) is 6.12. The van der Waals surface area contributed by atoms with Crippen LogP contribution in [0.15, 0.2) is 6.07 Å². The number of carboxylic acids is 1. The first-order chi connectivity index (χ1) is 17.1. The van der Waals surface area contributed by atoms with Crippen molar-refractivity contribution in [2.75, 3.05) is 26.0 Å². The van der Waals surface area contributed by atoms with Crippen molar-refractivity contribution in [1.29, 1.82) is 0 Å². The molecule has 37 heavy (non-hydrogen) atoms. The van der Waals surface area contributed by atoms with Crippen molar-refractivity contribution in [2.45, 2.75) is 69.5 Å². The van der Waals surface area contributed by atoms with Crippen molar-refractivity contribution in [2.24, 2.45) is 5.92 Å². The van der Waals surface area contributed by atoms with Crippen LogP contribution >= 0.6 is 0 Å². The van der Waals surface area contributed by atoms with Crippen LogP contribution in [0.1, 0.15) is 44.1 Å². The normalized spacial score (nSPS) is 22.0. The average Bonchev–Trinajstić information content (AvgIpc) is 3.34. The molecule has 1 aromatic rings. The number of aliphatic carboxylic acids is 1. The number of halogens is 7. The Morgan fingerprint density at radius 3 is 2.22 bits per heavy atom. The molecule has 8 nitrogen and oxygen atoms in total. The minimum absolute atomic E-state index is 0.0140. The molecule has 1 aliphatic heterocycles. The van der Waals surface area contributed by atoms with Gasteiger partial charge in [-0.25, -0.2) is 9.18 Å². The van der Waals surface area contributed by atoms with Crippen molar-refractivity contribution in [3.05, 3.63) is 17.4 Å². The summed E-state index contributed by atoms with van der Waals surface area (Å²) in [5.41, 5.74) is 0.426. The third-order valence-electron chi connectivity index (χ3n) is 6.12. The van der Waals surface area contributed by atoms with Gasteiger partial charge < -0.3 is 25.4 Å². The van der Waals surface area contributed by atoms with Crippen LogP contribution in [0.3, 0.4) is 0 Å². The summed E-state index contributed by atoms with van der Waals surface area (Å²) < 4.78 is 90.1. The molecule has 1 amide bonds. The van der Waals surface area contributed by atoms with Crippen LogP contribution in [0.25, 0.3) is 0 Å². The number of aromatic nitrogens is 1. The maximum atomic E-state index is 14.7. The second-order valence-corrected chi connectivity index (χ2v) is 8.87. The maximum Gasteiger partial charge on any atom is 0.490 e. The largest absolute Gasteiger partial charge is 0.490 e. The minimum atomic E-state index is -5.08. The Labute approximate surface area is 208 Å². The lowest BCUT2D eigenvalue weighted by atomic mass is 9.85. The lowest BCUT2D eigenvalue weighted by molar-refractivity contribution is -0.192. The molecule has 1 saturated heterocycles. The summed E-state index contributed by atoms with van der Waals surface area (Å²) in [7, 11) is 3.05. The van der Waals surface area contributed by atoms with Crippen LogP contribution in [0, 0.1) is 11.7 Å². The molecule has 1 atom stereocenters. The standard InChI is InChI=1S/C20H28F4N4O2.C2HF3O2/c1-28(19(29)16-4-3-9-25-16)11-12-10-15(21)17(27-18(12)30-2)26-14-7-5-13(6-8-14)20(22,23)24;3-2(4,5)1(6)7/h10,13-14,16,25H,3-9,11H2,1-2H3,(H,26,27);(H,6,7)/t13?,14?,16-;/m0./s1. The monoisotopic (exact) mass is 546 g/mol. The summed E-state index contributed by atoms with van der Waals surface area (Å²) in [6, 6.07) is 0.756. The van der Waals surface area contributed by atoms with Gasteiger partial charge in [0.15, 0.2) is 11.6 Å². The van der Waals surface area contributed by atoms with Crippen LogP contribution in [-0.2, 0) is 16.1 Å². The molecule has 210 valence electrons. The number of ether oxygens (including phenoxy) is 1. The van der Waals surface area contributed by atoms with E-state index in [1.807, 2.05) is 0 Å². The van der Waals surface area contributed by atoms with Crippen LogP contribution in [0.5, 0.6) is 5.88 Å². The van der Waals surface area contributed by atoms with E-state index in [0.717, 1.165) is 19.4 Å². The lowest BCUT2D eigenvalue weighted by Gasteiger charge is -2.30. The molecular formula is C22H29F7N4O4. The van der Waals surface area contributed by atoms with E-state index in [2.05, 4.69) is 15.6 Å². The van der Waals surface area contributed by atoms with Crippen LogP contribution < -0.4 is 15.4 Å². The highest BCUT2D eigenvalue weighted by molar-refractivity contribution is 5.82. The number of carbonyl (C=O) groups excluding carboxylic acids is 1. The van der Waals surface area contributed by atoms with Gasteiger partial charge in [-0.05, 0) is 51.1 Å². The molecule has 15 heteroatoms. The topological polar surface area (TPSA) is 104 Å². The first-order valence-corrected chi connectivity index (χ1v) is 11.5. The Morgan fingerprint density at radius 2 is 1.76 bits per heavy atom. The van der Waals surface area contributed by atoms with Gasteiger partial charge >= 0.3 is 18.3 Å². The highest BCUT2D eigenvalue weighted by atomic mass is 19.4. The molecule has 2 fully saturated rings. The third kappa shape index (κ3) is 8.90. The quantitative estimate of drug-likeness (QED) is 0.462. The highest BCUT2D eigenvalue weighted by Crippen LogP contribution is 2.38. The van der Waals surface area contributed by atoms with Gasteiger partial charge in [0.25, 0.3) is 0 Å². The fourth-order valence-corrected chi connectivity index (χ4v) is 4.15. The van der Waals surface area contributed by atoms with Gasteiger partial charge in [-0.1, -0.05) is 0 Å². The van der Waals surface area contributed by atoms with Gasteiger partial charge in [0.1, 0.15) is 0 Å². The summed E-state index contributed by atoms with van der Waals surface area (Å²) in [6.07, 6.45) is -6.94. The molecule has 2 aliphatic rings. The van der Waals surface area contributed by atoms with Crippen LogP contribution in [0.2, 0.25) is 0 Å². The molecular weight excluding hydrogens is 517 g/mol. The van der Waals surface area contributed by atoms with Gasteiger partial charge in [0, 0.05) is 18.7 Å². The van der Waals surface area contributed by atoms with E-state index in [-0.39, 0.29) is 49.1 Å². The summed E-state index contributed by atoms with van der Waals surface area (Å²) in [4.78, 5) is 27.1. The van der Waals surface area contributed by atoms with E-state index in [1.165, 1.54) is 18.1 Å². The fraction of sp³-hybridized carbons (Fsp3) is 0.682. The molecule has 0 unspecified atom stereocenters. The Hall–Kier alpha value is -2.84. The number of nitrogens with zero attached hydrogens (tertiary/aromatic N) is 2. The number of rotatable bonds is 6. The van der Waals surface area contributed by atoms with Crippen molar-refractivity contribution in [3.8, 4) is 5.88 Å². The van der Waals surface area contributed by atoms with E-state index in [1.54, 1.807) is 7.05 Å². The zero-order valence-electron chi connectivity index (χ0n) is 20.2. The van der Waals surface area contributed by atoms with E-state index >= 15 is 0 Å². The van der Waals surface area contributed by atoms with Crippen molar-refractivity contribution in [3.63, 3.8) is 0 Å². The van der Waals surface area contributed by atoms with E-state index in [0.29, 0.717) is 18.4 Å². The molecule has 3 rings (SSSR count). The predicted molar refractivity (Wildman–Crippen MR) is 117 cm³/mol. The van der Waals surface area contributed by atoms with Gasteiger partial charge in [-0.15, -0.1) is 0 Å². The molecule has 2 heterocycles. The smallest absolute Gasteiger partial charge is 0.481 e. The number of likely N-dealkylation sites (N-methyl/N-ethyl adjacent to an activating group) is 1. The fourth-order valence-electron chi connectivity index (χ4n) is 4.15. The number of carboxylic acid groups (broad SMARTS) is 1. The van der Waals surface area contributed by atoms with Crippen molar-refractivity contribution >= 4 is 17.7 Å². The first kappa shape index (κ1) is 30.4. The predicted octanol–water partition coefficient (Wildman–Crippen LogP) is 4.11. The van der Waals surface area contributed by atoms with Gasteiger partial charge in [0.2, 0.25) is 11.8 Å². The zero-order valence-corrected chi connectivity index (χ0v) is 20.2. The first-order valence-electron chi connectivity index (χ1n) is 11.5. The minimum Gasteiger partial charge on any atom is -0.481 e. The molecule has 1 aromatic heterocycles. The summed E-state index contributed by atoms with van der Waals surface area (Å²) in [6.45, 7) is 0.941. The number of alkyl halides is 6. The summed E-state index contributed by atoms with van der Waals surface area (Å²) in [5.74, 6) is -4.61. The van der Waals surface area contributed by atoms with Crippen molar-refractivity contribution in [1.82, 2.24) is 15.2 Å². The Kier molecular flexibility index (Phi) is 10.4. The second kappa shape index (κ2) is 12.6. The van der Waals surface area contributed by atoms with Crippen LogP contribution in [0.4, 0.5) is 36.6 Å². The number of methoxy groups -OCH3 is 1. The SMILES string of the molecule is COc1nc(NC2CCC(C(F)(F)F)CC2)c(F)cc1CN(C)C(=O)[C@@H]1CCCN1.O=C(O)C(F)(F)F. The molecule has 1 aliphatic carbocycles. The molecule has 0 radical (unpaired) electrons. The van der Waals surface area contributed by atoms with Crippen molar-refractivity contribution < 1.29 is 50.2 Å². The molecule has 0 spiro atoms. The van der Waals surface area contributed by atoms with E-state index in [4.69, 9.17) is 14.6 Å². The number of anilines is 1. The maximum absolute atomic E-state index is 14.7. The molecule has 1 saturated carbocycles. The molecule has 0 bridgehead atoms. The second-order valence-electron chi connectivity index (χ2n) is 8.87. The number of hydrogen-bond donors (Lipinski definition) is 3. The Morgan fingerprint density at radius 1 is 1.16 bits per heavy atom. The highest BCUT2D eigenvalue weighted by Gasteiger charge is 2.41. The van der Waals surface area contributed by atoms with Gasteiger partial charge in [-0.3, -0.25) is 4.79 Å². The summed E-state index contributed by atoms with van der Waals surface area (Å²) >= 11 is 0. The Bertz CT molecular complexity index is 929. The Balaban J connectivity index is 0.000000604. The summed E-state index contributed by atoms with van der Waals surface area (Å²) in [5, 5.41) is 13.2. The average molecular weight is 546 g/mol. The number of amides is 1. The number of carbonyl (C=O) groups is 2. The van der Waals surface area contributed by atoms with E-state index in [9.17, 15) is 35.5 Å². The molecule has 0 aromatic carbocycles. The lowest BCUT2D eigenvalue weighted by Crippen LogP contribution is -2.41. The number of hydrogen-bond acceptors (Lipinski definition) is 6. The van der Waals surface area contributed by atoms with Crippen LogP contribution in [-0.4, -0.2) is 72.0 Å². The van der Waals surface area contributed by atoms with Gasteiger partial charge in [-0.2, -0.15) is 31.3 Å².